The maximum atomic E-state index is 12.7. The van der Waals surface area contributed by atoms with Gasteiger partial charge >= 0.3 is 0 Å². The van der Waals surface area contributed by atoms with Gasteiger partial charge in [0.15, 0.2) is 5.13 Å². The zero-order valence-electron chi connectivity index (χ0n) is 17.6. The molecule has 1 aromatic carbocycles. The van der Waals surface area contributed by atoms with E-state index in [1.54, 1.807) is 13.0 Å². The Labute approximate surface area is 184 Å². The van der Waals surface area contributed by atoms with Crippen molar-refractivity contribution in [2.75, 3.05) is 28.6 Å². The minimum atomic E-state index is -0.320. The van der Waals surface area contributed by atoms with Crippen molar-refractivity contribution in [1.29, 1.82) is 0 Å². The normalized spacial score (nSPS) is 16.5. The Morgan fingerprint density at radius 1 is 1.40 bits per heavy atom. The third-order valence-corrected chi connectivity index (χ3v) is 5.93. The fourth-order valence-corrected chi connectivity index (χ4v) is 4.20. The van der Waals surface area contributed by atoms with Crippen LogP contribution in [0.25, 0.3) is 0 Å². The lowest BCUT2D eigenvalue weighted by atomic mass is 10.2. The molecule has 4 rings (SSSR count). The molecule has 2 aromatic heterocycles. The SMILES string of the molecule is [2H]c1cc(C)c(NC(=O)c2cnc(Nc3cc(N4CC[C@@H](N)C4)nc(C)n3)s2)c(Cl)c1. The molecule has 1 amide bonds. The number of aromatic nitrogens is 3. The number of nitrogens with zero attached hydrogens (tertiary/aromatic N) is 4. The molecular weight excluding hydrogens is 422 g/mol. The summed E-state index contributed by atoms with van der Waals surface area (Å²) in [5.41, 5.74) is 7.22. The van der Waals surface area contributed by atoms with Gasteiger partial charge in [0.2, 0.25) is 0 Å². The highest BCUT2D eigenvalue weighted by Crippen LogP contribution is 2.28. The molecule has 0 bridgehead atoms. The van der Waals surface area contributed by atoms with Crippen LogP contribution in [-0.2, 0) is 0 Å². The molecule has 3 heterocycles. The van der Waals surface area contributed by atoms with E-state index in [2.05, 4.69) is 30.5 Å². The number of amides is 1. The van der Waals surface area contributed by atoms with E-state index < -0.39 is 0 Å². The first-order chi connectivity index (χ1) is 14.8. The molecule has 1 aliphatic rings. The second-order valence-electron chi connectivity index (χ2n) is 7.12. The summed E-state index contributed by atoms with van der Waals surface area (Å²) in [7, 11) is 0. The molecule has 4 N–H and O–H groups in total. The van der Waals surface area contributed by atoms with Gasteiger partial charge in [0.05, 0.1) is 18.3 Å². The van der Waals surface area contributed by atoms with Crippen molar-refractivity contribution in [2.45, 2.75) is 26.3 Å². The molecule has 0 saturated carbocycles. The van der Waals surface area contributed by atoms with Crippen LogP contribution in [-0.4, -0.2) is 40.0 Å². The number of aryl methyl sites for hydroxylation is 2. The highest BCUT2D eigenvalue weighted by atomic mass is 35.5. The molecule has 1 fully saturated rings. The molecular formula is C20H22ClN7OS. The molecule has 1 aliphatic heterocycles. The summed E-state index contributed by atoms with van der Waals surface area (Å²) in [4.78, 5) is 28.4. The lowest BCUT2D eigenvalue weighted by molar-refractivity contribution is 0.103. The molecule has 30 heavy (non-hydrogen) atoms. The summed E-state index contributed by atoms with van der Waals surface area (Å²) in [6, 6.07) is 5.44. The first kappa shape index (κ1) is 19.2. The number of hydrogen-bond acceptors (Lipinski definition) is 8. The number of carbonyl (C=O) groups is 1. The van der Waals surface area contributed by atoms with Crippen LogP contribution in [0.5, 0.6) is 0 Å². The predicted molar refractivity (Wildman–Crippen MR) is 121 cm³/mol. The number of halogens is 1. The summed E-state index contributed by atoms with van der Waals surface area (Å²) in [6.07, 6.45) is 2.43. The fourth-order valence-electron chi connectivity index (χ4n) is 3.23. The van der Waals surface area contributed by atoms with Gasteiger partial charge in [-0.1, -0.05) is 35.0 Å². The Balaban J connectivity index is 1.48. The molecule has 1 saturated heterocycles. The van der Waals surface area contributed by atoms with Crippen LogP contribution in [0.4, 0.5) is 22.5 Å². The summed E-state index contributed by atoms with van der Waals surface area (Å²) in [5, 5.41) is 6.82. The van der Waals surface area contributed by atoms with E-state index >= 15 is 0 Å². The van der Waals surface area contributed by atoms with E-state index in [9.17, 15) is 4.79 Å². The second-order valence-corrected chi connectivity index (χ2v) is 8.56. The predicted octanol–water partition coefficient (Wildman–Crippen LogP) is 3.74. The zero-order valence-corrected chi connectivity index (χ0v) is 18.1. The van der Waals surface area contributed by atoms with E-state index in [4.69, 9.17) is 18.7 Å². The average Bonchev–Trinajstić information content (AvgIpc) is 3.33. The van der Waals surface area contributed by atoms with Crippen LogP contribution in [0, 0.1) is 13.8 Å². The Morgan fingerprint density at radius 2 is 2.23 bits per heavy atom. The van der Waals surface area contributed by atoms with Crippen molar-refractivity contribution < 1.29 is 6.17 Å². The van der Waals surface area contributed by atoms with Crippen LogP contribution >= 0.6 is 22.9 Å². The number of nitrogens with two attached hydrogens (primary N) is 1. The molecule has 10 heteroatoms. The first-order valence-corrected chi connectivity index (χ1v) is 10.6. The maximum Gasteiger partial charge on any atom is 0.267 e. The Bertz CT molecular complexity index is 1120. The summed E-state index contributed by atoms with van der Waals surface area (Å²) >= 11 is 7.39. The van der Waals surface area contributed by atoms with Crippen LogP contribution in [0.15, 0.2) is 30.4 Å². The molecule has 0 spiro atoms. The number of anilines is 4. The Kier molecular flexibility index (Phi) is 5.48. The number of rotatable bonds is 5. The largest absolute Gasteiger partial charge is 0.355 e. The number of nitrogens with one attached hydrogen (secondary N) is 2. The van der Waals surface area contributed by atoms with Gasteiger partial charge in [0.25, 0.3) is 5.91 Å². The average molecular weight is 445 g/mol. The Hall–Kier alpha value is -2.75. The summed E-state index contributed by atoms with van der Waals surface area (Å²) in [5.74, 6) is 1.74. The number of hydrogen-bond donors (Lipinski definition) is 3. The highest BCUT2D eigenvalue weighted by molar-refractivity contribution is 7.17. The molecule has 0 aliphatic carbocycles. The number of benzene rings is 1. The van der Waals surface area contributed by atoms with E-state index in [1.807, 2.05) is 13.0 Å². The molecule has 156 valence electrons. The van der Waals surface area contributed by atoms with Crippen molar-refractivity contribution in [1.82, 2.24) is 15.0 Å². The van der Waals surface area contributed by atoms with Gasteiger partial charge in [-0.25, -0.2) is 15.0 Å². The highest BCUT2D eigenvalue weighted by Gasteiger charge is 2.21. The minimum Gasteiger partial charge on any atom is -0.355 e. The van der Waals surface area contributed by atoms with E-state index in [0.29, 0.717) is 38.4 Å². The van der Waals surface area contributed by atoms with Crippen molar-refractivity contribution in [3.63, 3.8) is 0 Å². The third-order valence-electron chi connectivity index (χ3n) is 4.72. The van der Waals surface area contributed by atoms with E-state index in [0.717, 1.165) is 30.9 Å². The van der Waals surface area contributed by atoms with Gasteiger partial charge in [-0.3, -0.25) is 4.79 Å². The number of thiazole rings is 1. The lowest BCUT2D eigenvalue weighted by Crippen LogP contribution is -2.27. The first-order valence-electron chi connectivity index (χ1n) is 9.95. The van der Waals surface area contributed by atoms with Crippen molar-refractivity contribution in [2.24, 2.45) is 5.73 Å². The van der Waals surface area contributed by atoms with Crippen molar-refractivity contribution in [3.8, 4) is 0 Å². The minimum absolute atomic E-state index is 0.154. The van der Waals surface area contributed by atoms with Gasteiger partial charge in [-0.15, -0.1) is 0 Å². The summed E-state index contributed by atoms with van der Waals surface area (Å²) in [6.45, 7) is 5.25. The Morgan fingerprint density at radius 3 is 2.97 bits per heavy atom. The van der Waals surface area contributed by atoms with Crippen LogP contribution in [0.2, 0.25) is 5.02 Å². The molecule has 8 nitrogen and oxygen atoms in total. The van der Waals surface area contributed by atoms with Gasteiger partial charge < -0.3 is 21.3 Å². The number of para-hydroxylation sites is 1. The van der Waals surface area contributed by atoms with E-state index in [-0.39, 0.29) is 11.9 Å². The van der Waals surface area contributed by atoms with Crippen LogP contribution in [0.1, 0.15) is 28.9 Å². The zero-order chi connectivity index (χ0) is 22.1. The summed E-state index contributed by atoms with van der Waals surface area (Å²) < 4.78 is 7.69. The van der Waals surface area contributed by atoms with Crippen molar-refractivity contribution >= 4 is 51.3 Å². The number of carbonyl (C=O) groups excluding carboxylic acids is 1. The molecule has 0 unspecified atom stereocenters. The molecule has 0 radical (unpaired) electrons. The van der Waals surface area contributed by atoms with Crippen molar-refractivity contribution in [3.05, 3.63) is 51.7 Å². The lowest BCUT2D eigenvalue weighted by Gasteiger charge is -2.18. The van der Waals surface area contributed by atoms with Gasteiger partial charge in [-0.2, -0.15) is 0 Å². The monoisotopic (exact) mass is 444 g/mol. The van der Waals surface area contributed by atoms with Crippen LogP contribution in [0.3, 0.4) is 0 Å². The van der Waals surface area contributed by atoms with E-state index in [1.165, 1.54) is 23.6 Å². The fraction of sp³-hybridized carbons (Fsp3) is 0.300. The van der Waals surface area contributed by atoms with Gasteiger partial charge in [0.1, 0.15) is 22.3 Å². The van der Waals surface area contributed by atoms with Gasteiger partial charge in [-0.05, 0) is 31.9 Å². The standard InChI is InChI=1S/C20H22ClN7OS/c1-11-4-3-5-14(21)18(11)27-19(29)15-9-23-20(30-15)26-16-8-17(25-12(2)24-16)28-7-6-13(22)10-28/h3-5,8-9,13H,6-7,10,22H2,1-2H3,(H,27,29)(H,23,24,25,26)/t13-/m1/s1/i3D. The second kappa shape index (κ2) is 8.55. The van der Waals surface area contributed by atoms with Crippen LogP contribution < -0.4 is 21.3 Å². The molecule has 1 atom stereocenters. The maximum absolute atomic E-state index is 12.7. The topological polar surface area (TPSA) is 109 Å². The quantitative estimate of drug-likeness (QED) is 0.549. The third kappa shape index (κ3) is 4.53. The smallest absolute Gasteiger partial charge is 0.267 e. The van der Waals surface area contributed by atoms with Gasteiger partial charge in [0, 0.05) is 25.2 Å². The molecule has 3 aromatic rings.